The Morgan fingerprint density at radius 3 is 2.57 bits per heavy atom. The summed E-state index contributed by atoms with van der Waals surface area (Å²) in [5.41, 5.74) is 0.353. The van der Waals surface area contributed by atoms with Crippen LogP contribution >= 0.6 is 0 Å². The summed E-state index contributed by atoms with van der Waals surface area (Å²) in [6.07, 6.45) is 3.21. The van der Waals surface area contributed by atoms with E-state index in [1.165, 1.54) is 35.3 Å². The molecule has 1 atom stereocenters. The van der Waals surface area contributed by atoms with Gasteiger partial charge in [-0.2, -0.15) is 4.31 Å². The van der Waals surface area contributed by atoms with Crippen molar-refractivity contribution in [3.63, 3.8) is 0 Å². The fourth-order valence-electron chi connectivity index (χ4n) is 3.60. The van der Waals surface area contributed by atoms with Crippen LogP contribution < -0.4 is 0 Å². The molecule has 2 aliphatic heterocycles. The van der Waals surface area contributed by atoms with Gasteiger partial charge in [0.05, 0.1) is 10.5 Å². The Labute approximate surface area is 136 Å². The van der Waals surface area contributed by atoms with Crippen LogP contribution in [0.5, 0.6) is 0 Å². The number of sulfonamides is 1. The summed E-state index contributed by atoms with van der Waals surface area (Å²) in [5, 5.41) is 9.19. The van der Waals surface area contributed by atoms with Gasteiger partial charge in [0.2, 0.25) is 10.0 Å². The van der Waals surface area contributed by atoms with Gasteiger partial charge in [-0.15, -0.1) is 0 Å². The summed E-state index contributed by atoms with van der Waals surface area (Å²) in [7, 11) is -3.64. The van der Waals surface area contributed by atoms with Crippen molar-refractivity contribution < 1.29 is 18.3 Å². The van der Waals surface area contributed by atoms with Crippen molar-refractivity contribution in [2.75, 3.05) is 26.2 Å². The molecule has 0 saturated carbocycles. The van der Waals surface area contributed by atoms with Crippen molar-refractivity contribution in [3.05, 3.63) is 29.3 Å². The molecule has 7 heteroatoms. The van der Waals surface area contributed by atoms with Crippen LogP contribution in [0, 0.1) is 6.92 Å². The number of hydrogen-bond acceptors (Lipinski definition) is 4. The van der Waals surface area contributed by atoms with E-state index in [0.717, 1.165) is 19.5 Å². The number of rotatable bonds is 4. The third-order valence-corrected chi connectivity index (χ3v) is 6.93. The molecular formula is C16H22N2O4S. The van der Waals surface area contributed by atoms with Gasteiger partial charge in [0, 0.05) is 19.1 Å². The Bertz CT molecular complexity index is 711. The van der Waals surface area contributed by atoms with Gasteiger partial charge in [-0.05, 0) is 57.0 Å². The smallest absolute Gasteiger partial charge is 0.335 e. The lowest BCUT2D eigenvalue weighted by Gasteiger charge is -2.24. The maximum atomic E-state index is 12.9. The van der Waals surface area contributed by atoms with Gasteiger partial charge in [0.1, 0.15) is 0 Å². The summed E-state index contributed by atoms with van der Waals surface area (Å²) < 4.78 is 27.3. The average molecular weight is 338 g/mol. The van der Waals surface area contributed by atoms with Gasteiger partial charge in [0.25, 0.3) is 0 Å². The molecule has 23 heavy (non-hydrogen) atoms. The number of nitrogens with zero attached hydrogens (tertiary/aromatic N) is 2. The summed E-state index contributed by atoms with van der Waals surface area (Å²) in [6.45, 7) is 4.65. The highest BCUT2D eigenvalue weighted by Gasteiger charge is 2.36. The first-order valence-electron chi connectivity index (χ1n) is 7.98. The highest BCUT2D eigenvalue weighted by Crippen LogP contribution is 2.28. The molecule has 1 aromatic rings. The Morgan fingerprint density at radius 1 is 1.22 bits per heavy atom. The maximum absolute atomic E-state index is 12.9. The van der Waals surface area contributed by atoms with Crippen molar-refractivity contribution in [2.45, 2.75) is 37.1 Å². The van der Waals surface area contributed by atoms with Gasteiger partial charge >= 0.3 is 5.97 Å². The molecule has 2 fully saturated rings. The summed E-state index contributed by atoms with van der Waals surface area (Å²) in [4.78, 5) is 13.7. The first-order chi connectivity index (χ1) is 10.9. The van der Waals surface area contributed by atoms with Crippen molar-refractivity contribution in [2.24, 2.45) is 0 Å². The zero-order chi connectivity index (χ0) is 16.6. The van der Waals surface area contributed by atoms with E-state index in [1.54, 1.807) is 6.92 Å². The van der Waals surface area contributed by atoms with Crippen LogP contribution in [0.1, 0.15) is 35.2 Å². The molecule has 6 nitrogen and oxygen atoms in total. The highest BCUT2D eigenvalue weighted by molar-refractivity contribution is 7.89. The third kappa shape index (κ3) is 3.00. The van der Waals surface area contributed by atoms with E-state index in [9.17, 15) is 18.3 Å². The molecule has 0 aromatic heterocycles. The molecule has 2 saturated heterocycles. The van der Waals surface area contributed by atoms with Crippen LogP contribution in [0.4, 0.5) is 0 Å². The number of hydrogen-bond donors (Lipinski definition) is 1. The zero-order valence-electron chi connectivity index (χ0n) is 13.2. The van der Waals surface area contributed by atoms with Gasteiger partial charge in [-0.25, -0.2) is 13.2 Å². The lowest BCUT2D eigenvalue weighted by Crippen LogP contribution is -2.37. The molecule has 1 aromatic carbocycles. The van der Waals surface area contributed by atoms with Crippen LogP contribution in [0.2, 0.25) is 0 Å². The molecule has 3 rings (SSSR count). The molecule has 0 spiro atoms. The minimum Gasteiger partial charge on any atom is -0.478 e. The Hall–Kier alpha value is -1.44. The molecule has 2 aliphatic rings. The zero-order valence-corrected chi connectivity index (χ0v) is 14.1. The summed E-state index contributed by atoms with van der Waals surface area (Å²) in [6, 6.07) is 4.72. The molecule has 1 unspecified atom stereocenters. The second-order valence-electron chi connectivity index (χ2n) is 6.28. The largest absolute Gasteiger partial charge is 0.478 e. The van der Waals surface area contributed by atoms with Gasteiger partial charge < -0.3 is 5.11 Å². The monoisotopic (exact) mass is 338 g/mol. The Balaban J connectivity index is 1.85. The molecule has 126 valence electrons. The highest BCUT2D eigenvalue weighted by atomic mass is 32.2. The number of carboxylic acids is 1. The Kier molecular flexibility index (Phi) is 4.44. The van der Waals surface area contributed by atoms with Crippen LogP contribution in [0.25, 0.3) is 0 Å². The quantitative estimate of drug-likeness (QED) is 0.901. The van der Waals surface area contributed by atoms with E-state index in [2.05, 4.69) is 4.90 Å². The predicted octanol–water partition coefficient (Wildman–Crippen LogP) is 1.55. The van der Waals surface area contributed by atoms with Crippen LogP contribution in [0.3, 0.4) is 0 Å². The molecule has 1 N–H and O–H groups in total. The van der Waals surface area contributed by atoms with Gasteiger partial charge in [-0.1, -0.05) is 6.07 Å². The van der Waals surface area contributed by atoms with Crippen LogP contribution in [-0.4, -0.2) is 60.9 Å². The van der Waals surface area contributed by atoms with E-state index >= 15 is 0 Å². The SMILES string of the molecule is Cc1c(C(=O)O)cccc1S(=O)(=O)N1CCC(N2CCCC2)C1. The van der Waals surface area contributed by atoms with Crippen molar-refractivity contribution in [1.29, 1.82) is 0 Å². The number of aromatic carboxylic acids is 1. The molecule has 0 aliphatic carbocycles. The van der Waals surface area contributed by atoms with Crippen molar-refractivity contribution >= 4 is 16.0 Å². The first-order valence-corrected chi connectivity index (χ1v) is 9.42. The Morgan fingerprint density at radius 2 is 1.91 bits per heavy atom. The number of likely N-dealkylation sites (tertiary alicyclic amines) is 1. The number of benzene rings is 1. The lowest BCUT2D eigenvalue weighted by atomic mass is 10.1. The summed E-state index contributed by atoms with van der Waals surface area (Å²) >= 11 is 0. The van der Waals surface area contributed by atoms with Gasteiger partial charge in [0.15, 0.2) is 0 Å². The van der Waals surface area contributed by atoms with E-state index in [1.807, 2.05) is 0 Å². The molecule has 0 amide bonds. The second-order valence-corrected chi connectivity index (χ2v) is 8.19. The first kappa shape index (κ1) is 16.4. The van der Waals surface area contributed by atoms with E-state index in [0.29, 0.717) is 18.7 Å². The topological polar surface area (TPSA) is 77.9 Å². The lowest BCUT2D eigenvalue weighted by molar-refractivity contribution is 0.0696. The average Bonchev–Trinajstić information content (AvgIpc) is 3.18. The normalized spacial score (nSPS) is 23.4. The number of carbonyl (C=O) groups is 1. The maximum Gasteiger partial charge on any atom is 0.335 e. The van der Waals surface area contributed by atoms with Crippen molar-refractivity contribution in [3.8, 4) is 0 Å². The predicted molar refractivity (Wildman–Crippen MR) is 86.1 cm³/mol. The second kappa shape index (κ2) is 6.22. The number of carboxylic acid groups (broad SMARTS) is 1. The van der Waals surface area contributed by atoms with E-state index in [4.69, 9.17) is 0 Å². The molecule has 0 radical (unpaired) electrons. The summed E-state index contributed by atoms with van der Waals surface area (Å²) in [5.74, 6) is -1.10. The minimum absolute atomic E-state index is 0.0429. The third-order valence-electron chi connectivity index (χ3n) is 4.92. The fraction of sp³-hybridized carbons (Fsp3) is 0.562. The fourth-order valence-corrected chi connectivity index (χ4v) is 5.34. The van der Waals surface area contributed by atoms with Crippen LogP contribution in [-0.2, 0) is 10.0 Å². The standard InChI is InChI=1S/C16H22N2O4S/c1-12-14(16(19)20)5-4-6-15(12)23(21,22)18-10-7-13(11-18)17-8-2-3-9-17/h4-6,13H,2-3,7-11H2,1H3,(H,19,20). The molecule has 0 bridgehead atoms. The van der Waals surface area contributed by atoms with E-state index in [-0.39, 0.29) is 16.5 Å². The molecule has 2 heterocycles. The molecular weight excluding hydrogens is 316 g/mol. The minimum atomic E-state index is -3.64. The van der Waals surface area contributed by atoms with Crippen molar-refractivity contribution in [1.82, 2.24) is 9.21 Å². The van der Waals surface area contributed by atoms with Crippen LogP contribution in [0.15, 0.2) is 23.1 Å². The van der Waals surface area contributed by atoms with E-state index < -0.39 is 16.0 Å². The van der Waals surface area contributed by atoms with Gasteiger partial charge in [-0.3, -0.25) is 4.90 Å².